The average molecular weight is 260 g/mol. The van der Waals surface area contributed by atoms with Crippen LogP contribution in [-0.2, 0) is 0 Å². The van der Waals surface area contributed by atoms with Gasteiger partial charge in [0.2, 0.25) is 0 Å². The van der Waals surface area contributed by atoms with Crippen LogP contribution in [0.3, 0.4) is 0 Å². The number of ketones is 1. The number of aromatic nitrogens is 1. The van der Waals surface area contributed by atoms with E-state index in [4.69, 9.17) is 23.2 Å². The van der Waals surface area contributed by atoms with Crippen molar-refractivity contribution in [1.29, 1.82) is 0 Å². The SMILES string of the molecule is CCCC(C)CC(=O)c1ncc(Cl)cc1Cl. The number of Topliss-reactive ketones (excluding diaryl/α,β-unsaturated/α-hetero) is 1. The second kappa shape index (κ2) is 6.21. The quantitative estimate of drug-likeness (QED) is 0.734. The molecule has 0 spiro atoms. The van der Waals surface area contributed by atoms with Crippen molar-refractivity contribution in [2.45, 2.75) is 33.1 Å². The molecule has 1 aromatic heterocycles. The number of hydrogen-bond acceptors (Lipinski definition) is 2. The summed E-state index contributed by atoms with van der Waals surface area (Å²) in [6.07, 6.45) is 4.06. The van der Waals surface area contributed by atoms with Gasteiger partial charge in [0.05, 0.1) is 10.0 Å². The van der Waals surface area contributed by atoms with Crippen LogP contribution in [-0.4, -0.2) is 10.8 Å². The smallest absolute Gasteiger partial charge is 0.182 e. The van der Waals surface area contributed by atoms with Crippen LogP contribution in [0.5, 0.6) is 0 Å². The third kappa shape index (κ3) is 3.76. The first-order valence-electron chi connectivity index (χ1n) is 5.38. The first kappa shape index (κ1) is 13.5. The molecule has 88 valence electrons. The molecule has 1 aromatic rings. The predicted octanol–water partition coefficient (Wildman–Crippen LogP) is 4.40. The van der Waals surface area contributed by atoms with Gasteiger partial charge in [0.25, 0.3) is 0 Å². The Kier molecular flexibility index (Phi) is 5.23. The van der Waals surface area contributed by atoms with Crippen LogP contribution in [0, 0.1) is 5.92 Å². The van der Waals surface area contributed by atoms with E-state index in [1.165, 1.54) is 6.20 Å². The summed E-state index contributed by atoms with van der Waals surface area (Å²) in [5.41, 5.74) is 0.328. The standard InChI is InChI=1S/C12H15Cl2NO/c1-3-4-8(2)5-11(16)12-10(14)6-9(13)7-15-12/h6-8H,3-5H2,1-2H3. The van der Waals surface area contributed by atoms with Gasteiger partial charge >= 0.3 is 0 Å². The van der Waals surface area contributed by atoms with Gasteiger partial charge in [-0.3, -0.25) is 9.78 Å². The van der Waals surface area contributed by atoms with Crippen LogP contribution >= 0.6 is 23.2 Å². The Hall–Kier alpha value is -0.600. The molecule has 0 aliphatic heterocycles. The van der Waals surface area contributed by atoms with E-state index in [1.54, 1.807) is 6.07 Å². The van der Waals surface area contributed by atoms with Gasteiger partial charge in [-0.05, 0) is 12.0 Å². The number of pyridine rings is 1. The summed E-state index contributed by atoms with van der Waals surface area (Å²) in [6.45, 7) is 4.17. The molecule has 0 aliphatic carbocycles. The molecule has 1 unspecified atom stereocenters. The van der Waals surface area contributed by atoms with Gasteiger partial charge < -0.3 is 0 Å². The number of carbonyl (C=O) groups is 1. The normalized spacial score (nSPS) is 12.5. The van der Waals surface area contributed by atoms with E-state index in [-0.39, 0.29) is 5.78 Å². The maximum atomic E-state index is 11.9. The van der Waals surface area contributed by atoms with Crippen LogP contribution in [0.1, 0.15) is 43.6 Å². The molecule has 1 rings (SSSR count). The number of hydrogen-bond donors (Lipinski definition) is 0. The minimum absolute atomic E-state index is 0.0115. The molecular formula is C12H15Cl2NO. The molecule has 16 heavy (non-hydrogen) atoms. The highest BCUT2D eigenvalue weighted by atomic mass is 35.5. The largest absolute Gasteiger partial charge is 0.292 e. The van der Waals surface area contributed by atoms with E-state index in [0.717, 1.165) is 12.8 Å². The van der Waals surface area contributed by atoms with Gasteiger partial charge in [-0.2, -0.15) is 0 Å². The highest BCUT2D eigenvalue weighted by Gasteiger charge is 2.15. The van der Waals surface area contributed by atoms with Crippen molar-refractivity contribution >= 4 is 29.0 Å². The van der Waals surface area contributed by atoms with E-state index in [2.05, 4.69) is 18.8 Å². The van der Waals surface area contributed by atoms with Crippen molar-refractivity contribution in [2.75, 3.05) is 0 Å². The molecule has 0 bridgehead atoms. The minimum Gasteiger partial charge on any atom is -0.292 e. The van der Waals surface area contributed by atoms with Gasteiger partial charge in [0, 0.05) is 12.6 Å². The maximum Gasteiger partial charge on any atom is 0.182 e. The first-order valence-corrected chi connectivity index (χ1v) is 6.14. The number of nitrogens with zero attached hydrogens (tertiary/aromatic N) is 1. The molecule has 0 saturated carbocycles. The Morgan fingerprint density at radius 1 is 1.50 bits per heavy atom. The third-order valence-electron chi connectivity index (χ3n) is 2.39. The van der Waals surface area contributed by atoms with E-state index in [1.807, 2.05) is 0 Å². The Balaban J connectivity index is 2.73. The molecule has 1 atom stereocenters. The van der Waals surface area contributed by atoms with Crippen molar-refractivity contribution in [2.24, 2.45) is 5.92 Å². The van der Waals surface area contributed by atoms with Gasteiger partial charge in [0.15, 0.2) is 5.78 Å². The molecule has 2 nitrogen and oxygen atoms in total. The summed E-state index contributed by atoms with van der Waals surface area (Å²) >= 11 is 11.6. The molecule has 0 radical (unpaired) electrons. The fourth-order valence-electron chi connectivity index (χ4n) is 1.63. The Labute approximate surface area is 106 Å². The van der Waals surface area contributed by atoms with Crippen LogP contribution in [0.4, 0.5) is 0 Å². The summed E-state index contributed by atoms with van der Waals surface area (Å²) < 4.78 is 0. The monoisotopic (exact) mass is 259 g/mol. The number of halogens is 2. The molecule has 0 saturated heterocycles. The summed E-state index contributed by atoms with van der Waals surface area (Å²) in [6, 6.07) is 1.55. The van der Waals surface area contributed by atoms with Crippen LogP contribution in [0.15, 0.2) is 12.3 Å². The van der Waals surface area contributed by atoms with Crippen LogP contribution in [0.2, 0.25) is 10.0 Å². The fraction of sp³-hybridized carbons (Fsp3) is 0.500. The number of rotatable bonds is 5. The van der Waals surface area contributed by atoms with Gasteiger partial charge in [-0.25, -0.2) is 0 Å². The first-order chi connectivity index (χ1) is 7.54. The second-order valence-corrected chi connectivity index (χ2v) is 4.85. The zero-order valence-electron chi connectivity index (χ0n) is 9.46. The summed E-state index contributed by atoms with van der Waals surface area (Å²) in [4.78, 5) is 15.8. The van der Waals surface area contributed by atoms with E-state index < -0.39 is 0 Å². The second-order valence-electron chi connectivity index (χ2n) is 4.01. The lowest BCUT2D eigenvalue weighted by atomic mass is 9.98. The third-order valence-corrected chi connectivity index (χ3v) is 2.88. The molecule has 0 N–H and O–H groups in total. The average Bonchev–Trinajstić information content (AvgIpc) is 2.17. The molecule has 0 amide bonds. The highest BCUT2D eigenvalue weighted by molar-refractivity contribution is 6.36. The topological polar surface area (TPSA) is 30.0 Å². The van der Waals surface area contributed by atoms with Crippen LogP contribution in [0.25, 0.3) is 0 Å². The van der Waals surface area contributed by atoms with Crippen molar-refractivity contribution in [3.05, 3.63) is 28.0 Å². The van der Waals surface area contributed by atoms with Crippen molar-refractivity contribution in [3.8, 4) is 0 Å². The zero-order chi connectivity index (χ0) is 12.1. The lowest BCUT2D eigenvalue weighted by Gasteiger charge is -2.09. The van der Waals surface area contributed by atoms with Crippen molar-refractivity contribution < 1.29 is 4.79 Å². The number of carbonyl (C=O) groups excluding carboxylic acids is 1. The lowest BCUT2D eigenvalue weighted by molar-refractivity contribution is 0.0958. The van der Waals surface area contributed by atoms with Crippen molar-refractivity contribution in [3.63, 3.8) is 0 Å². The van der Waals surface area contributed by atoms with Crippen molar-refractivity contribution in [1.82, 2.24) is 4.98 Å². The fourth-order valence-corrected chi connectivity index (χ4v) is 2.11. The predicted molar refractivity (Wildman–Crippen MR) is 67.3 cm³/mol. The Morgan fingerprint density at radius 3 is 2.75 bits per heavy atom. The molecule has 1 heterocycles. The van der Waals surface area contributed by atoms with E-state index in [9.17, 15) is 4.79 Å². The van der Waals surface area contributed by atoms with Gasteiger partial charge in [0.1, 0.15) is 5.69 Å². The summed E-state index contributed by atoms with van der Waals surface area (Å²) in [7, 11) is 0. The summed E-state index contributed by atoms with van der Waals surface area (Å²) in [5, 5.41) is 0.782. The van der Waals surface area contributed by atoms with Crippen LogP contribution < -0.4 is 0 Å². The highest BCUT2D eigenvalue weighted by Crippen LogP contribution is 2.21. The van der Waals surface area contributed by atoms with Gasteiger partial charge in [-0.1, -0.05) is 49.9 Å². The molecule has 0 fully saturated rings. The Morgan fingerprint density at radius 2 is 2.19 bits per heavy atom. The minimum atomic E-state index is -0.0115. The molecule has 4 heteroatoms. The molecule has 0 aliphatic rings. The van der Waals surface area contributed by atoms with E-state index >= 15 is 0 Å². The lowest BCUT2D eigenvalue weighted by Crippen LogP contribution is -2.08. The zero-order valence-corrected chi connectivity index (χ0v) is 11.0. The van der Waals surface area contributed by atoms with E-state index in [0.29, 0.717) is 28.1 Å². The molecular weight excluding hydrogens is 245 g/mol. The Bertz CT molecular complexity index is 379. The maximum absolute atomic E-state index is 11.9. The summed E-state index contributed by atoms with van der Waals surface area (Å²) in [5.74, 6) is 0.355. The van der Waals surface area contributed by atoms with Gasteiger partial charge in [-0.15, -0.1) is 0 Å². The molecule has 0 aromatic carbocycles.